The number of nitrogen functional groups attached to an aromatic ring is 1. The first-order valence-corrected chi connectivity index (χ1v) is 15.5. The first-order valence-electron chi connectivity index (χ1n) is 15.5. The number of nitrogens with one attached hydrogen (secondary N) is 3. The number of pyridine rings is 3. The lowest BCUT2D eigenvalue weighted by molar-refractivity contribution is -0.133. The van der Waals surface area contributed by atoms with E-state index >= 15 is 0 Å². The molecule has 6 rings (SSSR count). The van der Waals surface area contributed by atoms with Gasteiger partial charge >= 0.3 is 0 Å². The van der Waals surface area contributed by atoms with Crippen molar-refractivity contribution < 1.29 is 14.0 Å². The van der Waals surface area contributed by atoms with Crippen molar-refractivity contribution in [2.24, 2.45) is 10.4 Å². The lowest BCUT2D eigenvalue weighted by Gasteiger charge is -2.36. The predicted octanol–water partition coefficient (Wildman–Crippen LogP) is 1.36. The molecule has 47 heavy (non-hydrogen) atoms. The number of anilines is 3. The number of rotatable bonds is 8. The summed E-state index contributed by atoms with van der Waals surface area (Å²) in [5, 5.41) is 19.3. The van der Waals surface area contributed by atoms with Crippen LogP contribution in [-0.4, -0.2) is 114 Å². The number of hydrogen-bond acceptors (Lipinski definition) is 10. The monoisotopic (exact) mass is 640 g/mol. The summed E-state index contributed by atoms with van der Waals surface area (Å²) in [5.74, 6) is 0.811. The van der Waals surface area contributed by atoms with Crippen LogP contribution in [0.2, 0.25) is 0 Å². The molecule has 1 spiro atoms. The van der Waals surface area contributed by atoms with Gasteiger partial charge < -0.3 is 20.9 Å². The Morgan fingerprint density at radius 3 is 2.49 bits per heavy atom. The Hall–Kier alpha value is -5.31. The van der Waals surface area contributed by atoms with E-state index in [1.165, 1.54) is 18.5 Å². The summed E-state index contributed by atoms with van der Waals surface area (Å²) >= 11 is 0. The molecule has 0 unspecified atom stereocenters. The maximum absolute atomic E-state index is 13.8. The number of amides is 2. The van der Waals surface area contributed by atoms with Crippen molar-refractivity contribution in [2.45, 2.75) is 12.8 Å². The van der Waals surface area contributed by atoms with Gasteiger partial charge in [-0.25, -0.2) is 19.4 Å². The van der Waals surface area contributed by atoms with Crippen LogP contribution in [-0.2, 0) is 9.59 Å². The van der Waals surface area contributed by atoms with E-state index in [2.05, 4.69) is 35.1 Å². The lowest BCUT2D eigenvalue weighted by atomic mass is 9.85. The Morgan fingerprint density at radius 2 is 1.79 bits per heavy atom. The SMILES string of the molecule is CN/C=N\C(=N)c1ccc(N2CCN(C(=O)CN3CC[C@]4(CCN(c5ccc(N)c(C(=N)c6ccc(F)cn6)n5)C4=O)C3)CC2)nc1. The van der Waals surface area contributed by atoms with Gasteiger partial charge in [0, 0.05) is 58.1 Å². The second-order valence-electron chi connectivity index (χ2n) is 12.0. The molecule has 3 aliphatic heterocycles. The smallest absolute Gasteiger partial charge is 0.236 e. The number of carbonyl (C=O) groups is 2. The first kappa shape index (κ1) is 31.7. The van der Waals surface area contributed by atoms with Crippen molar-refractivity contribution >= 4 is 47.0 Å². The number of likely N-dealkylation sites (tertiary alicyclic amines) is 1. The molecule has 3 saturated heterocycles. The van der Waals surface area contributed by atoms with Gasteiger partial charge in [0.2, 0.25) is 11.8 Å². The molecule has 3 aromatic heterocycles. The van der Waals surface area contributed by atoms with E-state index in [9.17, 15) is 14.0 Å². The summed E-state index contributed by atoms with van der Waals surface area (Å²) in [5.41, 5.74) is 6.76. The predicted molar refractivity (Wildman–Crippen MR) is 177 cm³/mol. The molecule has 6 heterocycles. The second kappa shape index (κ2) is 13.2. The fourth-order valence-electron chi connectivity index (χ4n) is 6.36. The number of hydrogen-bond donors (Lipinski definition) is 4. The van der Waals surface area contributed by atoms with Crippen LogP contribution in [0, 0.1) is 22.1 Å². The highest BCUT2D eigenvalue weighted by Gasteiger charge is 2.51. The van der Waals surface area contributed by atoms with Crippen molar-refractivity contribution in [1.29, 1.82) is 10.8 Å². The van der Waals surface area contributed by atoms with Gasteiger partial charge in [-0.1, -0.05) is 0 Å². The highest BCUT2D eigenvalue weighted by molar-refractivity contribution is 6.12. The van der Waals surface area contributed by atoms with Crippen molar-refractivity contribution in [2.75, 3.05) is 74.9 Å². The zero-order valence-corrected chi connectivity index (χ0v) is 26.1. The van der Waals surface area contributed by atoms with Crippen molar-refractivity contribution in [1.82, 2.24) is 30.1 Å². The van der Waals surface area contributed by atoms with Gasteiger partial charge in [-0.15, -0.1) is 0 Å². The Kier molecular flexibility index (Phi) is 8.89. The third kappa shape index (κ3) is 6.52. The van der Waals surface area contributed by atoms with Crippen LogP contribution in [0.1, 0.15) is 29.8 Å². The molecule has 0 bridgehead atoms. The standard InChI is InChI=1S/C32H37FN12O2/c1-37-20-40-30(36)21-2-6-25(39-16-21)43-12-14-44(15-13-43)27(46)18-42-10-8-32(19-42)9-11-45(31(32)47)26-7-4-23(34)29(41-26)28(35)24-5-3-22(33)17-38-24/h2-7,16-17,20,35H,8-15,18-19,34H2,1H3,(H2,36,37,40)/t32-/m0/s1. The lowest BCUT2D eigenvalue weighted by Crippen LogP contribution is -2.51. The molecule has 14 nitrogen and oxygen atoms in total. The molecule has 0 aliphatic carbocycles. The fourth-order valence-corrected chi connectivity index (χ4v) is 6.36. The number of nitrogens with zero attached hydrogens (tertiary/aromatic N) is 8. The fraction of sp³-hybridized carbons (Fsp3) is 0.375. The molecule has 1 atom stereocenters. The van der Waals surface area contributed by atoms with Crippen LogP contribution in [0.5, 0.6) is 0 Å². The van der Waals surface area contributed by atoms with Crippen LogP contribution < -0.4 is 20.9 Å². The van der Waals surface area contributed by atoms with Crippen LogP contribution in [0.25, 0.3) is 0 Å². The highest BCUT2D eigenvalue weighted by atomic mass is 19.1. The maximum Gasteiger partial charge on any atom is 0.236 e. The molecule has 5 N–H and O–H groups in total. The molecule has 3 aliphatic rings. The van der Waals surface area contributed by atoms with E-state index in [0.717, 1.165) is 12.0 Å². The van der Waals surface area contributed by atoms with Gasteiger partial charge in [-0.05, 0) is 55.8 Å². The third-order valence-corrected chi connectivity index (χ3v) is 9.01. The Bertz CT molecular complexity index is 1710. The van der Waals surface area contributed by atoms with Crippen LogP contribution >= 0.6 is 0 Å². The number of nitrogens with two attached hydrogens (primary N) is 1. The quantitative estimate of drug-likeness (QED) is 0.209. The number of aromatic nitrogens is 3. The van der Waals surface area contributed by atoms with E-state index in [4.69, 9.17) is 16.6 Å². The first-order chi connectivity index (χ1) is 22.7. The topological polar surface area (TPSA) is 184 Å². The minimum Gasteiger partial charge on any atom is -0.397 e. The Labute approximate surface area is 271 Å². The van der Waals surface area contributed by atoms with E-state index in [1.54, 1.807) is 30.3 Å². The van der Waals surface area contributed by atoms with E-state index in [0.29, 0.717) is 70.0 Å². The summed E-state index contributed by atoms with van der Waals surface area (Å²) in [6.07, 6.45) is 5.41. The van der Waals surface area contributed by atoms with Crippen LogP contribution in [0.15, 0.2) is 53.8 Å². The summed E-state index contributed by atoms with van der Waals surface area (Å²) in [6.45, 7) is 4.31. The molecule has 244 valence electrons. The second-order valence-corrected chi connectivity index (χ2v) is 12.0. The van der Waals surface area contributed by atoms with Crippen LogP contribution in [0.3, 0.4) is 0 Å². The van der Waals surface area contributed by atoms with E-state index < -0.39 is 11.2 Å². The Morgan fingerprint density at radius 1 is 1.02 bits per heavy atom. The molecule has 15 heteroatoms. The van der Waals surface area contributed by atoms with Crippen molar-refractivity contribution in [3.63, 3.8) is 0 Å². The summed E-state index contributed by atoms with van der Waals surface area (Å²) in [7, 11) is 1.72. The molecular formula is C32H37FN12O2. The average molecular weight is 641 g/mol. The van der Waals surface area contributed by atoms with E-state index in [1.807, 2.05) is 17.0 Å². The van der Waals surface area contributed by atoms with Gasteiger partial charge in [-0.2, -0.15) is 0 Å². The van der Waals surface area contributed by atoms with Crippen LogP contribution in [0.4, 0.5) is 21.7 Å². The number of aliphatic imine (C=N–C) groups is 1. The normalized spacial score (nSPS) is 20.0. The van der Waals surface area contributed by atoms with Gasteiger partial charge in [-0.3, -0.25) is 35.2 Å². The average Bonchev–Trinajstić information content (AvgIpc) is 3.65. The highest BCUT2D eigenvalue weighted by Crippen LogP contribution is 2.42. The maximum atomic E-state index is 13.8. The minimum atomic E-state index is -0.596. The summed E-state index contributed by atoms with van der Waals surface area (Å²) in [4.78, 5) is 51.8. The number of amidine groups is 1. The zero-order chi connectivity index (χ0) is 33.1. The summed E-state index contributed by atoms with van der Waals surface area (Å²) < 4.78 is 13.4. The molecular weight excluding hydrogens is 603 g/mol. The molecule has 0 saturated carbocycles. The van der Waals surface area contributed by atoms with Gasteiger partial charge in [0.15, 0.2) is 5.84 Å². The molecule has 3 fully saturated rings. The molecule has 0 aromatic carbocycles. The van der Waals surface area contributed by atoms with Crippen molar-refractivity contribution in [3.05, 3.63) is 71.6 Å². The molecule has 3 aromatic rings. The van der Waals surface area contributed by atoms with Gasteiger partial charge in [0.05, 0.1) is 35.9 Å². The Balaban J connectivity index is 1.03. The van der Waals surface area contributed by atoms with Gasteiger partial charge in [0.25, 0.3) is 0 Å². The van der Waals surface area contributed by atoms with Gasteiger partial charge in [0.1, 0.15) is 28.9 Å². The van der Waals surface area contributed by atoms with E-state index in [-0.39, 0.29) is 47.0 Å². The largest absolute Gasteiger partial charge is 0.397 e. The van der Waals surface area contributed by atoms with Crippen molar-refractivity contribution in [3.8, 4) is 0 Å². The zero-order valence-electron chi connectivity index (χ0n) is 26.1. The summed E-state index contributed by atoms with van der Waals surface area (Å²) in [6, 6.07) is 9.59. The third-order valence-electron chi connectivity index (χ3n) is 9.01. The molecule has 2 amide bonds. The number of halogens is 1. The number of piperazine rings is 1. The minimum absolute atomic E-state index is 0.0425. The number of carbonyl (C=O) groups excluding carboxylic acids is 2. The molecule has 0 radical (unpaired) electrons.